The van der Waals surface area contributed by atoms with Gasteiger partial charge in [0.1, 0.15) is 0 Å². The maximum Gasteiger partial charge on any atom is 0.251 e. The minimum absolute atomic E-state index is 0.0200. The highest BCUT2D eigenvalue weighted by atomic mass is 32.1. The summed E-state index contributed by atoms with van der Waals surface area (Å²) in [6.07, 6.45) is 1.88. The molecule has 4 N–H and O–H groups in total. The number of carbonyl (C=O) groups is 3. The Labute approximate surface area is 179 Å². The number of anilines is 1. The van der Waals surface area contributed by atoms with E-state index in [2.05, 4.69) is 27.8 Å². The first-order valence-electron chi connectivity index (χ1n) is 9.71. The van der Waals surface area contributed by atoms with Gasteiger partial charge >= 0.3 is 0 Å². The van der Waals surface area contributed by atoms with E-state index in [-0.39, 0.29) is 29.9 Å². The van der Waals surface area contributed by atoms with Gasteiger partial charge in [-0.1, -0.05) is 6.58 Å². The van der Waals surface area contributed by atoms with Gasteiger partial charge in [-0.25, -0.2) is 0 Å². The first-order chi connectivity index (χ1) is 14.4. The van der Waals surface area contributed by atoms with E-state index < -0.39 is 0 Å². The monoisotopic (exact) mass is 430 g/mol. The number of hydrogen-bond acceptors (Lipinski definition) is 6. The van der Waals surface area contributed by atoms with Crippen molar-refractivity contribution in [3.63, 3.8) is 0 Å². The molecule has 160 valence electrons. The predicted molar refractivity (Wildman–Crippen MR) is 118 cm³/mol. The van der Waals surface area contributed by atoms with E-state index >= 15 is 0 Å². The van der Waals surface area contributed by atoms with E-state index in [1.54, 1.807) is 17.4 Å². The van der Waals surface area contributed by atoms with Crippen LogP contribution in [0, 0.1) is 6.92 Å². The molecular weight excluding hydrogens is 404 g/mol. The Hall–Kier alpha value is -2.91. The van der Waals surface area contributed by atoms with Crippen LogP contribution in [0.25, 0.3) is 10.1 Å². The van der Waals surface area contributed by atoms with Crippen LogP contribution in [0.1, 0.15) is 22.2 Å². The fourth-order valence-corrected chi connectivity index (χ4v) is 4.36. The molecule has 1 aliphatic heterocycles. The average Bonchev–Trinajstić information content (AvgIpc) is 3.28. The number of aryl methyl sites for hydroxylation is 1. The summed E-state index contributed by atoms with van der Waals surface area (Å²) in [6, 6.07) is 4.96. The molecule has 3 amide bonds. The SMILES string of the molecule is C=CC(=O)NC1COCC1NC(=O)c1ccc2sc(C)c(NCC(C)NC=O)c2c1. The number of rotatable bonds is 9. The molecule has 8 nitrogen and oxygen atoms in total. The largest absolute Gasteiger partial charge is 0.382 e. The minimum Gasteiger partial charge on any atom is -0.382 e. The Kier molecular flexibility index (Phi) is 7.07. The number of nitrogens with one attached hydrogen (secondary N) is 4. The molecule has 3 atom stereocenters. The maximum atomic E-state index is 12.8. The number of ether oxygens (including phenoxy) is 1. The second kappa shape index (κ2) is 9.73. The van der Waals surface area contributed by atoms with Gasteiger partial charge < -0.3 is 26.0 Å². The van der Waals surface area contributed by atoms with Gasteiger partial charge in [0.25, 0.3) is 5.91 Å². The lowest BCUT2D eigenvalue weighted by atomic mass is 10.1. The predicted octanol–water partition coefficient (Wildman–Crippen LogP) is 1.56. The zero-order chi connectivity index (χ0) is 21.7. The van der Waals surface area contributed by atoms with Gasteiger partial charge in [0.05, 0.1) is 31.0 Å². The molecule has 1 aromatic carbocycles. The molecule has 2 aromatic rings. The van der Waals surface area contributed by atoms with Crippen LogP contribution < -0.4 is 21.3 Å². The van der Waals surface area contributed by atoms with Gasteiger partial charge in [-0.3, -0.25) is 14.4 Å². The van der Waals surface area contributed by atoms with E-state index in [9.17, 15) is 14.4 Å². The summed E-state index contributed by atoms with van der Waals surface area (Å²) in [4.78, 5) is 36.1. The number of hydrogen-bond donors (Lipinski definition) is 4. The molecular formula is C21H26N4O4S. The number of thiophene rings is 1. The molecule has 9 heteroatoms. The van der Waals surface area contributed by atoms with Crippen LogP contribution in [0.4, 0.5) is 5.69 Å². The van der Waals surface area contributed by atoms with Gasteiger partial charge in [-0.05, 0) is 38.1 Å². The molecule has 0 saturated carbocycles. The van der Waals surface area contributed by atoms with Crippen molar-refractivity contribution in [1.29, 1.82) is 0 Å². The number of amides is 3. The summed E-state index contributed by atoms with van der Waals surface area (Å²) >= 11 is 1.65. The van der Waals surface area contributed by atoms with E-state index in [0.717, 1.165) is 20.7 Å². The molecule has 3 rings (SSSR count). The van der Waals surface area contributed by atoms with Crippen molar-refractivity contribution in [3.8, 4) is 0 Å². The third-order valence-corrected chi connectivity index (χ3v) is 6.06. The van der Waals surface area contributed by atoms with Crippen molar-refractivity contribution >= 4 is 45.3 Å². The first-order valence-corrected chi connectivity index (χ1v) is 10.5. The van der Waals surface area contributed by atoms with Gasteiger partial charge in [0.2, 0.25) is 12.3 Å². The topological polar surface area (TPSA) is 109 Å². The second-order valence-corrected chi connectivity index (χ2v) is 8.50. The van der Waals surface area contributed by atoms with Crippen molar-refractivity contribution in [2.75, 3.05) is 25.1 Å². The third-order valence-electron chi connectivity index (χ3n) is 4.97. The van der Waals surface area contributed by atoms with Gasteiger partial charge in [-0.15, -0.1) is 11.3 Å². The number of carbonyl (C=O) groups excluding carboxylic acids is 3. The molecule has 1 aromatic heterocycles. The summed E-state index contributed by atoms with van der Waals surface area (Å²) in [5.74, 6) is -0.523. The number of fused-ring (bicyclic) bond motifs is 1. The molecule has 0 bridgehead atoms. The Balaban J connectivity index is 1.74. The minimum atomic E-state index is -0.311. The summed E-state index contributed by atoms with van der Waals surface area (Å²) in [7, 11) is 0. The van der Waals surface area contributed by atoms with Crippen molar-refractivity contribution in [2.45, 2.75) is 32.0 Å². The summed E-state index contributed by atoms with van der Waals surface area (Å²) in [5.41, 5.74) is 1.49. The first kappa shape index (κ1) is 21.8. The van der Waals surface area contributed by atoms with Crippen molar-refractivity contribution in [3.05, 3.63) is 41.3 Å². The average molecular weight is 431 g/mol. The van der Waals surface area contributed by atoms with Crippen LogP contribution >= 0.6 is 11.3 Å². The standard InChI is InChI=1S/C21H26N4O4S/c1-4-19(27)24-16-9-29-10-17(16)25-21(28)14-5-6-18-15(7-14)20(13(3)30-18)22-8-12(2)23-11-26/h4-7,11-12,16-17,22H,1,8-10H2,2-3H3,(H,23,26)(H,24,27)(H,25,28). The van der Waals surface area contributed by atoms with Crippen LogP contribution in [0.2, 0.25) is 0 Å². The molecule has 3 unspecified atom stereocenters. The fraction of sp³-hybridized carbons (Fsp3) is 0.381. The van der Waals surface area contributed by atoms with Crippen LogP contribution in [0.5, 0.6) is 0 Å². The highest BCUT2D eigenvalue weighted by Crippen LogP contribution is 2.35. The zero-order valence-corrected chi connectivity index (χ0v) is 17.8. The van der Waals surface area contributed by atoms with E-state index in [4.69, 9.17) is 4.74 Å². The molecule has 2 heterocycles. The Morgan fingerprint density at radius 3 is 2.73 bits per heavy atom. The molecule has 1 fully saturated rings. The molecule has 0 aliphatic carbocycles. The van der Waals surface area contributed by atoms with Gasteiger partial charge in [0, 0.05) is 33.1 Å². The van der Waals surface area contributed by atoms with Crippen molar-refractivity contribution < 1.29 is 19.1 Å². The van der Waals surface area contributed by atoms with Crippen molar-refractivity contribution in [2.24, 2.45) is 0 Å². The highest BCUT2D eigenvalue weighted by molar-refractivity contribution is 7.19. The molecule has 30 heavy (non-hydrogen) atoms. The summed E-state index contributed by atoms with van der Waals surface area (Å²) in [6.45, 7) is 8.63. The summed E-state index contributed by atoms with van der Waals surface area (Å²) < 4.78 is 6.49. The van der Waals surface area contributed by atoms with Crippen LogP contribution in [0.3, 0.4) is 0 Å². The Morgan fingerprint density at radius 2 is 2.03 bits per heavy atom. The van der Waals surface area contributed by atoms with Gasteiger partial charge in [-0.2, -0.15) is 0 Å². The quantitative estimate of drug-likeness (QED) is 0.357. The van der Waals surface area contributed by atoms with E-state index in [0.29, 0.717) is 31.7 Å². The molecule has 0 radical (unpaired) electrons. The second-order valence-electron chi connectivity index (χ2n) is 7.25. The Morgan fingerprint density at radius 1 is 1.30 bits per heavy atom. The molecule has 1 aliphatic rings. The van der Waals surface area contributed by atoms with E-state index in [1.807, 2.05) is 26.0 Å². The summed E-state index contributed by atoms with van der Waals surface area (Å²) in [5, 5.41) is 12.8. The lowest BCUT2D eigenvalue weighted by Crippen LogP contribution is -2.50. The van der Waals surface area contributed by atoms with Crippen LogP contribution in [-0.4, -0.2) is 56.1 Å². The highest BCUT2D eigenvalue weighted by Gasteiger charge is 2.30. The molecule has 1 saturated heterocycles. The Bertz CT molecular complexity index is 958. The smallest absolute Gasteiger partial charge is 0.251 e. The van der Waals surface area contributed by atoms with Gasteiger partial charge in [0.15, 0.2) is 0 Å². The lowest BCUT2D eigenvalue weighted by Gasteiger charge is -2.19. The van der Waals surface area contributed by atoms with Crippen LogP contribution in [0.15, 0.2) is 30.9 Å². The fourth-order valence-electron chi connectivity index (χ4n) is 3.34. The third kappa shape index (κ3) is 4.98. The lowest BCUT2D eigenvalue weighted by molar-refractivity contribution is -0.117. The number of benzene rings is 1. The maximum absolute atomic E-state index is 12.8. The van der Waals surface area contributed by atoms with Crippen molar-refractivity contribution in [1.82, 2.24) is 16.0 Å². The normalized spacial score (nSPS) is 19.1. The van der Waals surface area contributed by atoms with E-state index in [1.165, 1.54) is 6.08 Å². The molecule has 0 spiro atoms. The zero-order valence-electron chi connectivity index (χ0n) is 17.0. The van der Waals surface area contributed by atoms with Crippen LogP contribution in [-0.2, 0) is 14.3 Å².